The van der Waals surface area contributed by atoms with Crippen molar-refractivity contribution in [1.82, 2.24) is 24.4 Å². The van der Waals surface area contributed by atoms with E-state index >= 15 is 0 Å². The maximum Gasteiger partial charge on any atom is 0.410 e. The van der Waals surface area contributed by atoms with E-state index in [2.05, 4.69) is 15.0 Å². The van der Waals surface area contributed by atoms with Crippen molar-refractivity contribution >= 4 is 29.0 Å². The number of fused-ring (bicyclic) bond motifs is 1. The van der Waals surface area contributed by atoms with E-state index in [1.54, 1.807) is 32.0 Å². The van der Waals surface area contributed by atoms with Crippen molar-refractivity contribution < 1.29 is 23.8 Å². The summed E-state index contributed by atoms with van der Waals surface area (Å²) in [6, 6.07) is -0.411. The number of rotatable bonds is 5. The molecule has 11 heteroatoms. The number of imidazole rings is 1. The molecule has 0 saturated carbocycles. The summed E-state index contributed by atoms with van der Waals surface area (Å²) < 4.78 is 18.4. The highest BCUT2D eigenvalue weighted by atomic mass is 16.6. The van der Waals surface area contributed by atoms with Crippen LogP contribution in [0, 0.1) is 0 Å². The summed E-state index contributed by atoms with van der Waals surface area (Å²) in [5, 5.41) is 0. The highest BCUT2D eigenvalue weighted by Crippen LogP contribution is 2.31. The van der Waals surface area contributed by atoms with E-state index in [4.69, 9.17) is 19.9 Å². The molecule has 2 N–H and O–H groups in total. The van der Waals surface area contributed by atoms with Gasteiger partial charge in [0.25, 0.3) is 0 Å². The molecule has 11 nitrogen and oxygen atoms in total. The normalized spacial score (nSPS) is 19.4. The fourth-order valence-corrected chi connectivity index (χ4v) is 3.58. The van der Waals surface area contributed by atoms with Gasteiger partial charge in [0.1, 0.15) is 29.7 Å². The minimum atomic E-state index is -0.638. The Morgan fingerprint density at radius 2 is 1.78 bits per heavy atom. The lowest BCUT2D eigenvalue weighted by atomic mass is 10.2. The number of nitrogen functional groups attached to an aromatic ring is 1. The molecule has 176 valence electrons. The van der Waals surface area contributed by atoms with Crippen LogP contribution in [0.25, 0.3) is 11.2 Å². The Bertz CT molecular complexity index is 977. The van der Waals surface area contributed by atoms with Crippen molar-refractivity contribution in [2.45, 2.75) is 71.2 Å². The molecule has 1 amide bonds. The van der Waals surface area contributed by atoms with Crippen molar-refractivity contribution in [3.05, 3.63) is 12.7 Å². The first-order chi connectivity index (χ1) is 14.8. The number of likely N-dealkylation sites (tertiary alicyclic amines) is 1. The molecule has 0 aliphatic carbocycles. The lowest BCUT2D eigenvalue weighted by molar-refractivity contribution is -0.160. The maximum absolute atomic E-state index is 12.9. The summed E-state index contributed by atoms with van der Waals surface area (Å²) >= 11 is 0. The molecular weight excluding hydrogens is 416 g/mol. The summed E-state index contributed by atoms with van der Waals surface area (Å²) in [5.41, 5.74) is 5.79. The zero-order valence-electron chi connectivity index (χ0n) is 19.5. The zero-order valence-corrected chi connectivity index (χ0v) is 19.5. The highest BCUT2D eigenvalue weighted by Gasteiger charge is 2.39. The van der Waals surface area contributed by atoms with Crippen LogP contribution < -0.4 is 5.73 Å². The van der Waals surface area contributed by atoms with Crippen LogP contribution in [0.5, 0.6) is 0 Å². The minimum absolute atomic E-state index is 0.114. The van der Waals surface area contributed by atoms with Crippen molar-refractivity contribution in [1.29, 1.82) is 0 Å². The number of carbonyl (C=O) groups is 2. The van der Waals surface area contributed by atoms with Crippen LogP contribution in [-0.2, 0) is 19.0 Å². The molecule has 3 rings (SSSR count). The van der Waals surface area contributed by atoms with E-state index in [1.807, 2.05) is 25.3 Å². The van der Waals surface area contributed by atoms with Crippen molar-refractivity contribution in [2.24, 2.45) is 0 Å². The zero-order chi connectivity index (χ0) is 23.7. The average molecular weight is 449 g/mol. The Hall–Kier alpha value is -2.95. The number of amides is 1. The molecule has 0 unspecified atom stereocenters. The standard InChI is InChI=1S/C21H32N6O5/c1-20(2,3)31-15(28)10-30-9-14-7-13(8-26(14)19(29)32-21(4,5)6)27-12-25-16-17(22)23-11-24-18(16)27/h11-14H,7-10H2,1-6H3,(H2,22,23,24)/t13-,14-/m1/s1. The number of nitrogens with zero attached hydrogens (tertiary/aromatic N) is 5. The van der Waals surface area contributed by atoms with Crippen LogP contribution >= 0.6 is 0 Å². The highest BCUT2D eigenvalue weighted by molar-refractivity contribution is 5.81. The molecule has 1 aliphatic heterocycles. The minimum Gasteiger partial charge on any atom is -0.458 e. The Morgan fingerprint density at radius 3 is 2.44 bits per heavy atom. The van der Waals surface area contributed by atoms with Gasteiger partial charge in [0.05, 0.1) is 25.0 Å². The van der Waals surface area contributed by atoms with Gasteiger partial charge in [-0.05, 0) is 48.0 Å². The fraction of sp³-hybridized carbons (Fsp3) is 0.667. The molecule has 3 heterocycles. The predicted octanol–water partition coefficient (Wildman–Crippen LogP) is 2.32. The largest absolute Gasteiger partial charge is 0.458 e. The molecule has 0 aromatic carbocycles. The predicted molar refractivity (Wildman–Crippen MR) is 117 cm³/mol. The fourth-order valence-electron chi connectivity index (χ4n) is 3.58. The molecule has 2 atom stereocenters. The number of nitrogens with two attached hydrogens (primary N) is 1. The van der Waals surface area contributed by atoms with E-state index in [-0.39, 0.29) is 25.3 Å². The topological polar surface area (TPSA) is 135 Å². The molecular formula is C21H32N6O5. The summed E-state index contributed by atoms with van der Waals surface area (Å²) in [5.74, 6) is -0.156. The smallest absolute Gasteiger partial charge is 0.410 e. The Kier molecular flexibility index (Phi) is 6.59. The van der Waals surface area contributed by atoms with E-state index < -0.39 is 23.3 Å². The van der Waals surface area contributed by atoms with Crippen LogP contribution in [0.3, 0.4) is 0 Å². The third kappa shape index (κ3) is 5.84. The summed E-state index contributed by atoms with van der Waals surface area (Å²) in [6.45, 7) is 11.2. The Labute approximate surface area is 187 Å². The van der Waals surface area contributed by atoms with Crippen LogP contribution in [0.4, 0.5) is 10.6 Å². The molecule has 0 radical (unpaired) electrons. The van der Waals surface area contributed by atoms with Crippen LogP contribution in [0.15, 0.2) is 12.7 Å². The Morgan fingerprint density at radius 1 is 1.09 bits per heavy atom. The Balaban J connectivity index is 1.74. The second-order valence-electron chi connectivity index (χ2n) is 9.86. The van der Waals surface area contributed by atoms with Crippen molar-refractivity contribution in [2.75, 3.05) is 25.5 Å². The van der Waals surface area contributed by atoms with Gasteiger partial charge in [-0.3, -0.25) is 0 Å². The van der Waals surface area contributed by atoms with Crippen LogP contribution in [-0.4, -0.2) is 73.5 Å². The molecule has 1 saturated heterocycles. The van der Waals surface area contributed by atoms with E-state index in [0.29, 0.717) is 29.9 Å². The number of hydrogen-bond donors (Lipinski definition) is 1. The molecule has 2 aromatic rings. The quantitative estimate of drug-likeness (QED) is 0.684. The van der Waals surface area contributed by atoms with Gasteiger partial charge in [-0.2, -0.15) is 0 Å². The summed E-state index contributed by atoms with van der Waals surface area (Å²) in [6.07, 6.45) is 3.17. The van der Waals surface area contributed by atoms with Gasteiger partial charge in [-0.25, -0.2) is 24.5 Å². The summed E-state index contributed by atoms with van der Waals surface area (Å²) in [7, 11) is 0. The van der Waals surface area contributed by atoms with Crippen LogP contribution in [0.1, 0.15) is 54.0 Å². The number of carbonyl (C=O) groups excluding carboxylic acids is 2. The molecule has 0 bridgehead atoms. The summed E-state index contributed by atoms with van der Waals surface area (Å²) in [4.78, 5) is 39.1. The average Bonchev–Trinajstić information content (AvgIpc) is 3.23. The number of anilines is 1. The van der Waals surface area contributed by atoms with Gasteiger partial charge >= 0.3 is 12.1 Å². The first-order valence-corrected chi connectivity index (χ1v) is 10.6. The van der Waals surface area contributed by atoms with Gasteiger partial charge in [-0.15, -0.1) is 0 Å². The van der Waals surface area contributed by atoms with Crippen molar-refractivity contribution in [3.63, 3.8) is 0 Å². The van der Waals surface area contributed by atoms with Gasteiger partial charge in [-0.1, -0.05) is 0 Å². The van der Waals surface area contributed by atoms with Gasteiger partial charge in [0, 0.05) is 6.54 Å². The molecule has 0 spiro atoms. The SMILES string of the molecule is CC(C)(C)OC(=O)COC[C@H]1C[C@@H](n2cnc3c(N)ncnc32)CN1C(=O)OC(C)(C)C. The monoisotopic (exact) mass is 448 g/mol. The molecule has 1 aliphatic rings. The van der Waals surface area contributed by atoms with E-state index in [0.717, 1.165) is 0 Å². The van der Waals surface area contributed by atoms with Gasteiger partial charge in [0.2, 0.25) is 0 Å². The lowest BCUT2D eigenvalue weighted by Crippen LogP contribution is -2.42. The molecule has 32 heavy (non-hydrogen) atoms. The maximum atomic E-state index is 12.9. The second-order valence-corrected chi connectivity index (χ2v) is 9.86. The van der Waals surface area contributed by atoms with Crippen LogP contribution in [0.2, 0.25) is 0 Å². The first-order valence-electron chi connectivity index (χ1n) is 10.6. The van der Waals surface area contributed by atoms with Gasteiger partial charge in [0.15, 0.2) is 11.5 Å². The van der Waals surface area contributed by atoms with Gasteiger partial charge < -0.3 is 29.4 Å². The lowest BCUT2D eigenvalue weighted by Gasteiger charge is -2.28. The van der Waals surface area contributed by atoms with E-state index in [9.17, 15) is 9.59 Å². The first kappa shape index (κ1) is 23.7. The van der Waals surface area contributed by atoms with E-state index in [1.165, 1.54) is 6.33 Å². The molecule has 1 fully saturated rings. The number of ether oxygens (including phenoxy) is 3. The third-order valence-corrected chi connectivity index (χ3v) is 4.75. The number of hydrogen-bond acceptors (Lipinski definition) is 9. The number of esters is 1. The second kappa shape index (κ2) is 8.89. The van der Waals surface area contributed by atoms with Crippen molar-refractivity contribution in [3.8, 4) is 0 Å². The molecule has 2 aromatic heterocycles. The third-order valence-electron chi connectivity index (χ3n) is 4.75. The number of aromatic nitrogens is 4.